The van der Waals surface area contributed by atoms with Crippen LogP contribution in [0.3, 0.4) is 0 Å². The van der Waals surface area contributed by atoms with Crippen LogP contribution in [0.25, 0.3) is 0 Å². The molecule has 0 radical (unpaired) electrons. The third-order valence-corrected chi connectivity index (χ3v) is 1.14. The molecule has 0 spiro atoms. The quantitative estimate of drug-likeness (QED) is 0.614. The number of nitrogens with zero attached hydrogens (tertiary/aromatic N) is 1. The van der Waals surface area contributed by atoms with Crippen LogP contribution in [-0.2, 0) is 0 Å². The minimum atomic E-state index is 0.549. The van der Waals surface area contributed by atoms with Crippen LogP contribution in [0.15, 0.2) is 12.4 Å². The lowest BCUT2D eigenvalue weighted by Crippen LogP contribution is -2.07. The number of nitrogens with two attached hydrogens (primary N) is 2. The predicted octanol–water partition coefficient (Wildman–Crippen LogP) is 0.101. The largest absolute Gasteiger partial charge is 0.415 e. The molecular weight excluding hydrogens is 130 g/mol. The van der Waals surface area contributed by atoms with Crippen LogP contribution in [0.5, 0.6) is 0 Å². The van der Waals surface area contributed by atoms with Crippen LogP contribution in [0.2, 0.25) is 0 Å². The molecule has 4 heteroatoms. The minimum Gasteiger partial charge on any atom is -0.415 e. The topological polar surface area (TPSA) is 66.2 Å². The van der Waals surface area contributed by atoms with E-state index >= 15 is 0 Å². The summed E-state index contributed by atoms with van der Waals surface area (Å²) in [7, 11) is 0. The standard InChI is InChI=1S/C6H11N3O/c1-2-10-9-3-5(7)6(8)4-9/h3-4H,2,7-8H2,1H3. The van der Waals surface area contributed by atoms with E-state index in [0.29, 0.717) is 18.0 Å². The Morgan fingerprint density at radius 3 is 2.30 bits per heavy atom. The third kappa shape index (κ3) is 1.15. The highest BCUT2D eigenvalue weighted by molar-refractivity contribution is 5.61. The zero-order chi connectivity index (χ0) is 7.56. The van der Waals surface area contributed by atoms with Gasteiger partial charge in [0, 0.05) is 0 Å². The first kappa shape index (κ1) is 6.80. The number of rotatable bonds is 2. The highest BCUT2D eigenvalue weighted by atomic mass is 16.7. The molecule has 0 unspecified atom stereocenters. The maximum absolute atomic E-state index is 5.45. The van der Waals surface area contributed by atoms with Gasteiger partial charge in [-0.1, -0.05) is 0 Å². The van der Waals surface area contributed by atoms with Gasteiger partial charge in [-0.2, -0.15) is 4.73 Å². The average molecular weight is 141 g/mol. The highest BCUT2D eigenvalue weighted by Crippen LogP contribution is 2.12. The van der Waals surface area contributed by atoms with Crippen LogP contribution in [0, 0.1) is 0 Å². The molecule has 0 bridgehead atoms. The predicted molar refractivity (Wildman–Crippen MR) is 40.4 cm³/mol. The fourth-order valence-electron chi connectivity index (χ4n) is 0.684. The molecule has 0 saturated carbocycles. The number of aromatic nitrogens is 1. The number of anilines is 2. The van der Waals surface area contributed by atoms with Crippen LogP contribution in [0.1, 0.15) is 6.92 Å². The van der Waals surface area contributed by atoms with Crippen molar-refractivity contribution in [1.82, 2.24) is 4.73 Å². The van der Waals surface area contributed by atoms with E-state index in [-0.39, 0.29) is 0 Å². The molecule has 0 amide bonds. The van der Waals surface area contributed by atoms with Crippen molar-refractivity contribution in [2.75, 3.05) is 18.1 Å². The lowest BCUT2D eigenvalue weighted by molar-refractivity contribution is 0.123. The molecule has 1 aromatic heterocycles. The van der Waals surface area contributed by atoms with Crippen LogP contribution in [-0.4, -0.2) is 11.3 Å². The van der Waals surface area contributed by atoms with Gasteiger partial charge in [-0.3, -0.25) is 0 Å². The zero-order valence-corrected chi connectivity index (χ0v) is 5.87. The van der Waals surface area contributed by atoms with E-state index in [9.17, 15) is 0 Å². The van der Waals surface area contributed by atoms with Gasteiger partial charge in [-0.05, 0) is 6.92 Å². The number of hydrogen-bond donors (Lipinski definition) is 2. The van der Waals surface area contributed by atoms with Gasteiger partial charge in [0.1, 0.15) is 6.61 Å². The van der Waals surface area contributed by atoms with E-state index < -0.39 is 0 Å². The first-order chi connectivity index (χ1) is 4.74. The van der Waals surface area contributed by atoms with Crippen molar-refractivity contribution in [2.24, 2.45) is 0 Å². The Morgan fingerprint density at radius 2 is 1.90 bits per heavy atom. The molecule has 4 N–H and O–H groups in total. The Bertz CT molecular complexity index is 199. The lowest BCUT2D eigenvalue weighted by Gasteiger charge is -1.99. The second kappa shape index (κ2) is 2.51. The maximum Gasteiger partial charge on any atom is 0.112 e. The van der Waals surface area contributed by atoms with E-state index in [0.717, 1.165) is 0 Å². The molecule has 0 aliphatic rings. The zero-order valence-electron chi connectivity index (χ0n) is 5.87. The third-order valence-electron chi connectivity index (χ3n) is 1.14. The Kier molecular flexibility index (Phi) is 1.71. The Labute approximate surface area is 59.3 Å². The van der Waals surface area contributed by atoms with Crippen molar-refractivity contribution >= 4 is 11.4 Å². The highest BCUT2D eigenvalue weighted by Gasteiger charge is 1.97. The van der Waals surface area contributed by atoms with Gasteiger partial charge in [-0.15, -0.1) is 0 Å². The number of hydrogen-bond acceptors (Lipinski definition) is 3. The van der Waals surface area contributed by atoms with Crippen molar-refractivity contribution < 1.29 is 4.84 Å². The second-order valence-corrected chi connectivity index (χ2v) is 1.95. The summed E-state index contributed by atoms with van der Waals surface area (Å²) in [6.45, 7) is 2.50. The molecule has 1 rings (SSSR count). The van der Waals surface area contributed by atoms with Gasteiger partial charge in [-0.25, -0.2) is 0 Å². The molecule has 0 aliphatic carbocycles. The summed E-state index contributed by atoms with van der Waals surface area (Å²) in [5.41, 5.74) is 12.0. The molecule has 1 aromatic rings. The second-order valence-electron chi connectivity index (χ2n) is 1.95. The van der Waals surface area contributed by atoms with Gasteiger partial charge in [0.25, 0.3) is 0 Å². The summed E-state index contributed by atoms with van der Waals surface area (Å²) in [5.74, 6) is 0. The van der Waals surface area contributed by atoms with E-state index in [4.69, 9.17) is 16.3 Å². The van der Waals surface area contributed by atoms with Crippen LogP contribution < -0.4 is 16.3 Å². The molecule has 0 fully saturated rings. The maximum atomic E-state index is 5.45. The van der Waals surface area contributed by atoms with Gasteiger partial charge in [0.15, 0.2) is 0 Å². The van der Waals surface area contributed by atoms with Gasteiger partial charge in [0.2, 0.25) is 0 Å². The summed E-state index contributed by atoms with van der Waals surface area (Å²) in [6.07, 6.45) is 3.28. The molecule has 0 atom stereocenters. The SMILES string of the molecule is CCOn1cc(N)c(N)c1. The van der Waals surface area contributed by atoms with E-state index in [1.165, 1.54) is 4.73 Å². The first-order valence-corrected chi connectivity index (χ1v) is 3.10. The summed E-state index contributed by atoms with van der Waals surface area (Å²) in [4.78, 5) is 5.06. The molecule has 0 saturated heterocycles. The number of nitrogen functional groups attached to an aromatic ring is 2. The van der Waals surface area contributed by atoms with E-state index in [2.05, 4.69) is 0 Å². The van der Waals surface area contributed by atoms with Crippen molar-refractivity contribution in [2.45, 2.75) is 6.92 Å². The fraction of sp³-hybridized carbons (Fsp3) is 0.333. The van der Waals surface area contributed by atoms with Crippen molar-refractivity contribution in [3.05, 3.63) is 12.4 Å². The molecule has 0 aromatic carbocycles. The van der Waals surface area contributed by atoms with Crippen molar-refractivity contribution in [1.29, 1.82) is 0 Å². The van der Waals surface area contributed by atoms with Crippen LogP contribution >= 0.6 is 0 Å². The molecule has 56 valence electrons. The Balaban J connectivity index is 2.77. The Morgan fingerprint density at radius 1 is 1.40 bits per heavy atom. The average Bonchev–Trinajstić information content (AvgIpc) is 2.14. The smallest absolute Gasteiger partial charge is 0.112 e. The van der Waals surface area contributed by atoms with Gasteiger partial charge < -0.3 is 16.3 Å². The van der Waals surface area contributed by atoms with Gasteiger partial charge in [0.05, 0.1) is 23.8 Å². The summed E-state index contributed by atoms with van der Waals surface area (Å²) in [5, 5.41) is 0. The van der Waals surface area contributed by atoms with E-state index in [1.807, 2.05) is 6.92 Å². The Hall–Kier alpha value is -1.32. The van der Waals surface area contributed by atoms with Gasteiger partial charge >= 0.3 is 0 Å². The monoisotopic (exact) mass is 141 g/mol. The molecule has 0 aliphatic heterocycles. The lowest BCUT2D eigenvalue weighted by atomic mass is 10.5. The summed E-state index contributed by atoms with van der Waals surface area (Å²) >= 11 is 0. The van der Waals surface area contributed by atoms with E-state index in [1.54, 1.807) is 12.4 Å². The van der Waals surface area contributed by atoms with Crippen LogP contribution in [0.4, 0.5) is 11.4 Å². The minimum absolute atomic E-state index is 0.549. The van der Waals surface area contributed by atoms with Crippen molar-refractivity contribution in [3.8, 4) is 0 Å². The molecule has 10 heavy (non-hydrogen) atoms. The summed E-state index contributed by atoms with van der Waals surface area (Å²) in [6, 6.07) is 0. The first-order valence-electron chi connectivity index (χ1n) is 3.10. The molecule has 4 nitrogen and oxygen atoms in total. The van der Waals surface area contributed by atoms with Crippen molar-refractivity contribution in [3.63, 3.8) is 0 Å². The fourth-order valence-corrected chi connectivity index (χ4v) is 0.684. The molecule has 1 heterocycles. The molecular formula is C6H11N3O. The summed E-state index contributed by atoms with van der Waals surface area (Å²) < 4.78 is 1.50. The normalized spacial score (nSPS) is 9.70.